The van der Waals surface area contributed by atoms with Gasteiger partial charge in [-0.05, 0) is 46.6 Å². The normalized spacial score (nSPS) is 12.0. The number of halogens is 1. The van der Waals surface area contributed by atoms with Gasteiger partial charge in [-0.3, -0.25) is 4.79 Å². The van der Waals surface area contributed by atoms with Crippen molar-refractivity contribution in [2.45, 2.75) is 19.6 Å². The highest BCUT2D eigenvalue weighted by Gasteiger charge is 2.22. The lowest BCUT2D eigenvalue weighted by Crippen LogP contribution is -2.34. The van der Waals surface area contributed by atoms with E-state index in [1.54, 1.807) is 37.1 Å². The average Bonchev–Trinajstić information content (AvgIpc) is 3.23. The van der Waals surface area contributed by atoms with Crippen LogP contribution in [0.15, 0.2) is 64.0 Å². The minimum Gasteiger partial charge on any atom is -0.462 e. The van der Waals surface area contributed by atoms with E-state index in [4.69, 9.17) is 4.74 Å². The molecule has 0 aliphatic rings. The molecule has 0 aliphatic heterocycles. The Bertz CT molecular complexity index is 1350. The third-order valence-electron chi connectivity index (χ3n) is 5.32. The van der Waals surface area contributed by atoms with Gasteiger partial charge in [0.1, 0.15) is 23.1 Å². The number of H-pyrrole nitrogens is 2. The summed E-state index contributed by atoms with van der Waals surface area (Å²) in [6.45, 7) is 2.01. The van der Waals surface area contributed by atoms with Gasteiger partial charge in [-0.2, -0.15) is 0 Å². The first-order chi connectivity index (χ1) is 15.9. The fraction of sp³-hybridized carbons (Fsp3) is 0.208. The molecule has 0 radical (unpaired) electrons. The molecule has 170 valence electrons. The molecular weight excluding hydrogens is 488 g/mol. The molecule has 4 rings (SSSR count). The predicted octanol–water partition coefficient (Wildman–Crippen LogP) is 3.85. The number of nitrogens with one attached hydrogen (secondary N) is 2. The number of hydrogen-bond acceptors (Lipinski definition) is 6. The van der Waals surface area contributed by atoms with Gasteiger partial charge < -0.3 is 24.7 Å². The maximum atomic E-state index is 12.8. The van der Waals surface area contributed by atoms with Gasteiger partial charge in [0.15, 0.2) is 0 Å². The Morgan fingerprint density at radius 1 is 1.24 bits per heavy atom. The average molecular weight is 511 g/mol. The van der Waals surface area contributed by atoms with Crippen LogP contribution in [0.5, 0.6) is 0 Å². The SMILES string of the molecule is CCOC(=O)c1cc(Br)c2nc(-c3c(N(C)C(O)Cc4ccccc4)cc[nH]c3=O)[nH]c2c1. The van der Waals surface area contributed by atoms with Crippen molar-refractivity contribution in [3.05, 3.63) is 80.7 Å². The highest BCUT2D eigenvalue weighted by Crippen LogP contribution is 2.31. The summed E-state index contributed by atoms with van der Waals surface area (Å²) in [5.41, 5.74) is 2.93. The molecule has 3 N–H and O–H groups in total. The zero-order valence-corrected chi connectivity index (χ0v) is 19.7. The zero-order chi connectivity index (χ0) is 23.5. The van der Waals surface area contributed by atoms with E-state index in [1.807, 2.05) is 30.3 Å². The second kappa shape index (κ2) is 9.60. The summed E-state index contributed by atoms with van der Waals surface area (Å²) in [5.74, 6) is -0.124. The van der Waals surface area contributed by atoms with Crippen molar-refractivity contribution < 1.29 is 14.6 Å². The lowest BCUT2D eigenvalue weighted by molar-refractivity contribution is 0.0526. The number of rotatable bonds is 7. The van der Waals surface area contributed by atoms with E-state index in [1.165, 1.54) is 6.20 Å². The Morgan fingerprint density at radius 2 is 2.00 bits per heavy atom. The number of esters is 1. The molecule has 1 atom stereocenters. The minimum absolute atomic E-state index is 0.267. The standard InChI is InChI=1S/C24H23BrN4O4/c1-3-33-24(32)15-12-16(25)21-17(13-15)27-22(28-21)20-18(9-10-26-23(20)31)29(2)19(30)11-14-7-5-4-6-8-14/h4-10,12-13,19,30H,3,11H2,1-2H3,(H,26,31)(H,27,28). The monoisotopic (exact) mass is 510 g/mol. The van der Waals surface area contributed by atoms with Crippen molar-refractivity contribution in [3.8, 4) is 11.4 Å². The lowest BCUT2D eigenvalue weighted by atomic mass is 10.1. The van der Waals surface area contributed by atoms with Crippen LogP contribution in [-0.2, 0) is 11.2 Å². The van der Waals surface area contributed by atoms with Gasteiger partial charge in [-0.1, -0.05) is 30.3 Å². The molecule has 0 saturated carbocycles. The fourth-order valence-corrected chi connectivity index (χ4v) is 4.19. The number of aromatic amines is 2. The van der Waals surface area contributed by atoms with Crippen molar-refractivity contribution >= 4 is 38.6 Å². The van der Waals surface area contributed by atoms with Crippen molar-refractivity contribution in [3.63, 3.8) is 0 Å². The van der Waals surface area contributed by atoms with Gasteiger partial charge in [0, 0.05) is 24.1 Å². The van der Waals surface area contributed by atoms with Crippen LogP contribution in [0.4, 0.5) is 5.69 Å². The Balaban J connectivity index is 1.74. The van der Waals surface area contributed by atoms with Crippen LogP contribution in [-0.4, -0.2) is 45.9 Å². The van der Waals surface area contributed by atoms with E-state index in [9.17, 15) is 14.7 Å². The number of aliphatic hydroxyl groups excluding tert-OH is 1. The molecule has 2 aromatic carbocycles. The van der Waals surface area contributed by atoms with E-state index in [2.05, 4.69) is 30.9 Å². The molecule has 0 aliphatic carbocycles. The Hall–Kier alpha value is -3.43. The van der Waals surface area contributed by atoms with Crippen LogP contribution in [0.1, 0.15) is 22.8 Å². The van der Waals surface area contributed by atoms with Crippen LogP contribution < -0.4 is 10.5 Å². The highest BCUT2D eigenvalue weighted by molar-refractivity contribution is 9.10. The Labute approximate surface area is 198 Å². The number of benzene rings is 2. The number of pyridine rings is 1. The predicted molar refractivity (Wildman–Crippen MR) is 130 cm³/mol. The third-order valence-corrected chi connectivity index (χ3v) is 5.92. The summed E-state index contributed by atoms with van der Waals surface area (Å²) in [6.07, 6.45) is 1.06. The highest BCUT2D eigenvalue weighted by atomic mass is 79.9. The number of likely N-dealkylation sites (N-methyl/N-ethyl adjacent to an activating group) is 1. The number of nitrogens with zero attached hydrogens (tertiary/aromatic N) is 2. The largest absolute Gasteiger partial charge is 0.462 e. The molecular formula is C24H23BrN4O4. The Kier molecular flexibility index (Phi) is 6.62. The van der Waals surface area contributed by atoms with Crippen LogP contribution >= 0.6 is 15.9 Å². The van der Waals surface area contributed by atoms with Crippen molar-refractivity contribution in [1.29, 1.82) is 0 Å². The van der Waals surface area contributed by atoms with Gasteiger partial charge in [0.2, 0.25) is 0 Å². The number of anilines is 1. The maximum absolute atomic E-state index is 12.8. The number of fused-ring (bicyclic) bond motifs is 1. The summed E-state index contributed by atoms with van der Waals surface area (Å²) in [4.78, 5) is 37.1. The number of ether oxygens (including phenoxy) is 1. The summed E-state index contributed by atoms with van der Waals surface area (Å²) in [6, 6.07) is 14.6. The van der Waals surface area contributed by atoms with Crippen molar-refractivity contribution in [1.82, 2.24) is 15.0 Å². The molecule has 8 nitrogen and oxygen atoms in total. The molecule has 0 spiro atoms. The van der Waals surface area contributed by atoms with E-state index in [0.717, 1.165) is 5.56 Å². The molecule has 0 bridgehead atoms. The second-order valence-corrected chi connectivity index (χ2v) is 8.36. The van der Waals surface area contributed by atoms with Crippen LogP contribution in [0, 0.1) is 0 Å². The number of carbonyl (C=O) groups excluding carboxylic acids is 1. The topological polar surface area (TPSA) is 111 Å². The van der Waals surface area contributed by atoms with E-state index in [-0.39, 0.29) is 17.7 Å². The number of hydrogen-bond donors (Lipinski definition) is 3. The van der Waals surface area contributed by atoms with E-state index < -0.39 is 12.2 Å². The second-order valence-electron chi connectivity index (χ2n) is 7.51. The van der Waals surface area contributed by atoms with Crippen LogP contribution in [0.3, 0.4) is 0 Å². The third kappa shape index (κ3) is 4.69. The zero-order valence-electron chi connectivity index (χ0n) is 18.1. The van der Waals surface area contributed by atoms with E-state index in [0.29, 0.717) is 39.0 Å². The van der Waals surface area contributed by atoms with Crippen LogP contribution in [0.25, 0.3) is 22.4 Å². The van der Waals surface area contributed by atoms with E-state index >= 15 is 0 Å². The molecule has 4 aromatic rings. The first-order valence-electron chi connectivity index (χ1n) is 10.4. The summed E-state index contributed by atoms with van der Waals surface area (Å²) in [7, 11) is 1.73. The van der Waals surface area contributed by atoms with Gasteiger partial charge in [0.25, 0.3) is 5.56 Å². The molecule has 0 fully saturated rings. The number of aliphatic hydroxyl groups is 1. The quantitative estimate of drug-likeness (QED) is 0.257. The molecule has 9 heteroatoms. The van der Waals surface area contributed by atoms with Crippen molar-refractivity contribution in [2.75, 3.05) is 18.6 Å². The molecule has 33 heavy (non-hydrogen) atoms. The molecule has 2 heterocycles. The summed E-state index contributed by atoms with van der Waals surface area (Å²) >= 11 is 3.45. The van der Waals surface area contributed by atoms with Crippen LogP contribution in [0.2, 0.25) is 0 Å². The fourth-order valence-electron chi connectivity index (χ4n) is 3.64. The van der Waals surface area contributed by atoms with Gasteiger partial charge in [-0.15, -0.1) is 0 Å². The maximum Gasteiger partial charge on any atom is 0.338 e. The summed E-state index contributed by atoms with van der Waals surface area (Å²) in [5, 5.41) is 10.8. The number of imidazole rings is 1. The van der Waals surface area contributed by atoms with Gasteiger partial charge >= 0.3 is 5.97 Å². The number of aromatic nitrogens is 3. The molecule has 1 unspecified atom stereocenters. The number of carbonyl (C=O) groups is 1. The molecule has 0 amide bonds. The lowest BCUT2D eigenvalue weighted by Gasteiger charge is -2.27. The molecule has 2 aromatic heterocycles. The summed E-state index contributed by atoms with van der Waals surface area (Å²) < 4.78 is 5.68. The Morgan fingerprint density at radius 3 is 2.73 bits per heavy atom. The molecule has 0 saturated heterocycles. The smallest absolute Gasteiger partial charge is 0.338 e. The minimum atomic E-state index is -0.862. The first kappa shape index (κ1) is 22.8. The first-order valence-corrected chi connectivity index (χ1v) is 11.2. The van der Waals surface area contributed by atoms with Gasteiger partial charge in [0.05, 0.1) is 23.4 Å². The van der Waals surface area contributed by atoms with Crippen molar-refractivity contribution in [2.24, 2.45) is 0 Å². The van der Waals surface area contributed by atoms with Gasteiger partial charge in [-0.25, -0.2) is 9.78 Å².